The molecule has 1 saturated heterocycles. The summed E-state index contributed by atoms with van der Waals surface area (Å²) in [5, 5.41) is 3.44. The van der Waals surface area contributed by atoms with Gasteiger partial charge in [-0.2, -0.15) is 0 Å². The molecule has 132 valence electrons. The number of amides is 1. The van der Waals surface area contributed by atoms with Gasteiger partial charge in [0.1, 0.15) is 0 Å². The van der Waals surface area contributed by atoms with Crippen molar-refractivity contribution in [3.8, 4) is 0 Å². The van der Waals surface area contributed by atoms with E-state index in [-0.39, 0.29) is 22.7 Å². The number of aryl methyl sites for hydroxylation is 1. The van der Waals surface area contributed by atoms with Crippen LogP contribution in [0.5, 0.6) is 0 Å². The summed E-state index contributed by atoms with van der Waals surface area (Å²) in [6.07, 6.45) is 0.621. The second-order valence-electron chi connectivity index (χ2n) is 6.05. The fourth-order valence-electron chi connectivity index (χ4n) is 2.71. The predicted octanol–water partition coefficient (Wildman–Crippen LogP) is 4.18. The molecule has 1 N–H and O–H groups in total. The van der Waals surface area contributed by atoms with Gasteiger partial charge in [0.2, 0.25) is 0 Å². The Bertz CT molecular complexity index is 912. The fourth-order valence-corrected chi connectivity index (χ4v) is 6.51. The zero-order valence-corrected chi connectivity index (χ0v) is 16.0. The van der Waals surface area contributed by atoms with E-state index in [4.69, 9.17) is 11.6 Å². The molecular weight excluding hydrogens is 378 g/mol. The molecule has 0 unspecified atom stereocenters. The Morgan fingerprint density at radius 3 is 2.72 bits per heavy atom. The van der Waals surface area contributed by atoms with Crippen molar-refractivity contribution in [3.63, 3.8) is 0 Å². The largest absolute Gasteiger partial charge is 0.322 e. The van der Waals surface area contributed by atoms with Crippen LogP contribution in [-0.2, 0) is 9.84 Å². The van der Waals surface area contributed by atoms with Gasteiger partial charge in [-0.05, 0) is 43.2 Å². The highest BCUT2D eigenvalue weighted by Crippen LogP contribution is 2.33. The van der Waals surface area contributed by atoms with Gasteiger partial charge in [-0.25, -0.2) is 8.42 Å². The normalized spacial score (nSPS) is 18.9. The van der Waals surface area contributed by atoms with E-state index >= 15 is 0 Å². The van der Waals surface area contributed by atoms with Crippen LogP contribution in [0.15, 0.2) is 47.4 Å². The monoisotopic (exact) mass is 395 g/mol. The lowest BCUT2D eigenvalue weighted by molar-refractivity contribution is 0.102. The number of rotatable bonds is 4. The number of hydrogen-bond acceptors (Lipinski definition) is 4. The van der Waals surface area contributed by atoms with E-state index in [2.05, 4.69) is 5.32 Å². The highest BCUT2D eigenvalue weighted by atomic mass is 35.5. The lowest BCUT2D eigenvalue weighted by Gasteiger charge is -2.14. The average Bonchev–Trinajstić information content (AvgIpc) is 2.90. The molecule has 7 heteroatoms. The number of thioether (sulfide) groups is 1. The molecule has 0 bridgehead atoms. The Hall–Kier alpha value is -1.50. The Morgan fingerprint density at radius 1 is 1.24 bits per heavy atom. The van der Waals surface area contributed by atoms with Gasteiger partial charge in [-0.3, -0.25) is 4.79 Å². The highest BCUT2D eigenvalue weighted by Gasteiger charge is 2.29. The summed E-state index contributed by atoms with van der Waals surface area (Å²) in [6.45, 7) is 1.90. The second kappa shape index (κ2) is 7.40. The van der Waals surface area contributed by atoms with Gasteiger partial charge in [0, 0.05) is 20.9 Å². The van der Waals surface area contributed by atoms with Gasteiger partial charge >= 0.3 is 0 Å². The van der Waals surface area contributed by atoms with E-state index in [1.54, 1.807) is 24.3 Å². The van der Waals surface area contributed by atoms with Crippen molar-refractivity contribution in [2.24, 2.45) is 0 Å². The standard InChI is InChI=1S/C18H18ClNO3S2/c1-12-6-7-13(19)10-16(12)20-18(21)15-4-2-3-5-17(15)24-14-8-9-25(22,23)11-14/h2-7,10,14H,8-9,11H2,1H3,(H,20,21)/t14-/m0/s1. The maximum Gasteiger partial charge on any atom is 0.256 e. The second-order valence-corrected chi connectivity index (χ2v) is 10.1. The Labute approximate surface area is 156 Å². The van der Waals surface area contributed by atoms with Gasteiger partial charge in [0.25, 0.3) is 5.91 Å². The molecular formula is C18H18ClNO3S2. The van der Waals surface area contributed by atoms with Crippen molar-refractivity contribution in [1.82, 2.24) is 0 Å². The number of anilines is 1. The van der Waals surface area contributed by atoms with Gasteiger partial charge in [-0.1, -0.05) is 29.8 Å². The third-order valence-electron chi connectivity index (χ3n) is 4.06. The maximum absolute atomic E-state index is 12.7. The van der Waals surface area contributed by atoms with E-state index in [9.17, 15) is 13.2 Å². The van der Waals surface area contributed by atoms with Gasteiger partial charge in [-0.15, -0.1) is 11.8 Å². The van der Waals surface area contributed by atoms with Crippen molar-refractivity contribution in [2.45, 2.75) is 23.5 Å². The van der Waals surface area contributed by atoms with E-state index in [0.717, 1.165) is 10.5 Å². The minimum Gasteiger partial charge on any atom is -0.322 e. The zero-order chi connectivity index (χ0) is 18.0. The van der Waals surface area contributed by atoms with Crippen LogP contribution in [0.1, 0.15) is 22.3 Å². The van der Waals surface area contributed by atoms with Crippen LogP contribution in [-0.4, -0.2) is 31.1 Å². The van der Waals surface area contributed by atoms with E-state index in [1.165, 1.54) is 11.8 Å². The molecule has 25 heavy (non-hydrogen) atoms. The van der Waals surface area contributed by atoms with E-state index < -0.39 is 9.84 Å². The van der Waals surface area contributed by atoms with E-state index in [1.807, 2.05) is 25.1 Å². The van der Waals surface area contributed by atoms with Crippen molar-refractivity contribution < 1.29 is 13.2 Å². The smallest absolute Gasteiger partial charge is 0.256 e. The topological polar surface area (TPSA) is 63.2 Å². The molecule has 1 atom stereocenters. The number of carbonyl (C=O) groups excluding carboxylic acids is 1. The quantitative estimate of drug-likeness (QED) is 0.843. The first-order valence-electron chi connectivity index (χ1n) is 7.88. The molecule has 0 aliphatic carbocycles. The molecule has 0 radical (unpaired) electrons. The number of sulfone groups is 1. The van der Waals surface area contributed by atoms with Crippen LogP contribution in [0.25, 0.3) is 0 Å². The molecule has 1 heterocycles. The fraction of sp³-hybridized carbons (Fsp3) is 0.278. The first kappa shape index (κ1) is 18.3. The third kappa shape index (κ3) is 4.57. The Balaban J connectivity index is 1.80. The minimum absolute atomic E-state index is 0.00754. The van der Waals surface area contributed by atoms with Crippen molar-refractivity contribution in [2.75, 3.05) is 16.8 Å². The molecule has 1 fully saturated rings. The number of nitrogens with one attached hydrogen (secondary N) is 1. The Morgan fingerprint density at radius 2 is 2.00 bits per heavy atom. The Kier molecular flexibility index (Phi) is 5.41. The van der Waals surface area contributed by atoms with Crippen LogP contribution < -0.4 is 5.32 Å². The lowest BCUT2D eigenvalue weighted by Crippen LogP contribution is -2.15. The molecule has 1 aliphatic rings. The van der Waals surface area contributed by atoms with Crippen molar-refractivity contribution in [1.29, 1.82) is 0 Å². The molecule has 0 spiro atoms. The molecule has 0 saturated carbocycles. The first-order valence-corrected chi connectivity index (χ1v) is 11.0. The first-order chi connectivity index (χ1) is 11.8. The molecule has 3 rings (SSSR count). The van der Waals surface area contributed by atoms with Crippen LogP contribution in [0.4, 0.5) is 5.69 Å². The van der Waals surface area contributed by atoms with Gasteiger partial charge < -0.3 is 5.32 Å². The molecule has 2 aromatic carbocycles. The summed E-state index contributed by atoms with van der Waals surface area (Å²) in [5.74, 6) is 0.163. The van der Waals surface area contributed by atoms with Crippen LogP contribution >= 0.6 is 23.4 Å². The summed E-state index contributed by atoms with van der Waals surface area (Å²) in [7, 11) is -2.94. The highest BCUT2D eigenvalue weighted by molar-refractivity contribution is 8.02. The van der Waals surface area contributed by atoms with Crippen LogP contribution in [0, 0.1) is 6.92 Å². The summed E-state index contributed by atoms with van der Waals surface area (Å²) >= 11 is 7.47. The molecule has 2 aromatic rings. The zero-order valence-electron chi connectivity index (χ0n) is 13.7. The average molecular weight is 396 g/mol. The molecule has 1 aliphatic heterocycles. The van der Waals surface area contributed by atoms with Crippen molar-refractivity contribution >= 4 is 44.8 Å². The number of benzene rings is 2. The van der Waals surface area contributed by atoms with Gasteiger partial charge in [0.15, 0.2) is 9.84 Å². The third-order valence-corrected chi connectivity index (χ3v) is 7.62. The van der Waals surface area contributed by atoms with Crippen LogP contribution in [0.2, 0.25) is 5.02 Å². The summed E-state index contributed by atoms with van der Waals surface area (Å²) < 4.78 is 23.3. The summed E-state index contributed by atoms with van der Waals surface area (Å²) in [5.41, 5.74) is 2.13. The van der Waals surface area contributed by atoms with Gasteiger partial charge in [0.05, 0.1) is 17.1 Å². The summed E-state index contributed by atoms with van der Waals surface area (Å²) in [4.78, 5) is 13.5. The van der Waals surface area contributed by atoms with Crippen LogP contribution in [0.3, 0.4) is 0 Å². The number of hydrogen-bond donors (Lipinski definition) is 1. The molecule has 1 amide bonds. The SMILES string of the molecule is Cc1ccc(Cl)cc1NC(=O)c1ccccc1S[C@H]1CCS(=O)(=O)C1. The summed E-state index contributed by atoms with van der Waals surface area (Å²) in [6, 6.07) is 12.6. The predicted molar refractivity (Wildman–Crippen MR) is 104 cm³/mol. The molecule has 0 aromatic heterocycles. The van der Waals surface area contributed by atoms with Crippen molar-refractivity contribution in [3.05, 3.63) is 58.6 Å². The van der Waals surface area contributed by atoms with E-state index in [0.29, 0.717) is 22.7 Å². The maximum atomic E-state index is 12.7. The minimum atomic E-state index is -2.94. The molecule has 4 nitrogen and oxygen atoms in total. The number of carbonyl (C=O) groups is 1. The lowest BCUT2D eigenvalue weighted by atomic mass is 10.1. The number of halogens is 1.